The van der Waals surface area contributed by atoms with Crippen molar-refractivity contribution in [2.75, 3.05) is 11.4 Å². The van der Waals surface area contributed by atoms with Crippen molar-refractivity contribution in [3.8, 4) is 11.5 Å². The molecule has 0 atom stereocenters. The Kier molecular flexibility index (Phi) is 7.72. The van der Waals surface area contributed by atoms with Crippen molar-refractivity contribution in [1.82, 2.24) is 20.2 Å². The normalized spacial score (nSPS) is 11.0. The fraction of sp³-hybridized carbons (Fsp3) is 0.208. The number of anilines is 1. The summed E-state index contributed by atoms with van der Waals surface area (Å²) < 4.78 is 37.6. The van der Waals surface area contributed by atoms with E-state index in [1.54, 1.807) is 41.1 Å². The smallest absolute Gasteiger partial charge is 0.171 e. The van der Waals surface area contributed by atoms with E-state index < -0.39 is 11.6 Å². The first-order valence-electron chi connectivity index (χ1n) is 10.7. The highest BCUT2D eigenvalue weighted by molar-refractivity contribution is 8.00. The van der Waals surface area contributed by atoms with E-state index in [0.29, 0.717) is 39.3 Å². The Balaban J connectivity index is 1.77. The number of aryl methyl sites for hydroxylation is 1. The maximum Gasteiger partial charge on any atom is 0.171 e. The van der Waals surface area contributed by atoms with E-state index in [-0.39, 0.29) is 24.3 Å². The molecule has 0 spiro atoms. The number of ether oxygens (including phenoxy) is 1. The summed E-state index contributed by atoms with van der Waals surface area (Å²) in [6, 6.07) is 14.0. The van der Waals surface area contributed by atoms with Crippen LogP contribution in [-0.2, 0) is 19.5 Å². The number of hydrogen-bond donors (Lipinski definition) is 1. The number of benzene rings is 3. The van der Waals surface area contributed by atoms with Crippen LogP contribution >= 0.6 is 23.5 Å². The number of aromatic hydroxyl groups is 1. The zero-order valence-electron chi connectivity index (χ0n) is 19.0. The molecule has 0 aliphatic heterocycles. The van der Waals surface area contributed by atoms with Crippen molar-refractivity contribution < 1.29 is 18.6 Å². The highest BCUT2D eigenvalue weighted by atomic mass is 35.5. The Morgan fingerprint density at radius 3 is 2.57 bits per heavy atom. The van der Waals surface area contributed by atoms with Crippen LogP contribution in [0.25, 0.3) is 0 Å². The van der Waals surface area contributed by atoms with Gasteiger partial charge in [0, 0.05) is 28.4 Å². The second-order valence-electron chi connectivity index (χ2n) is 7.52. The molecule has 0 unspecified atom stereocenters. The van der Waals surface area contributed by atoms with Crippen molar-refractivity contribution in [1.29, 1.82) is 0 Å². The molecule has 0 amide bonds. The van der Waals surface area contributed by atoms with Gasteiger partial charge in [-0.05, 0) is 83.4 Å². The molecule has 182 valence electrons. The molecule has 1 aromatic heterocycles. The second kappa shape index (κ2) is 10.9. The number of tetrazole rings is 1. The number of phenolic OH excluding ortho intramolecular Hbond substituents is 1. The Bertz CT molecular complexity index is 1320. The highest BCUT2D eigenvalue weighted by Gasteiger charge is 2.20. The van der Waals surface area contributed by atoms with Gasteiger partial charge in [0.25, 0.3) is 0 Å². The predicted octanol–water partition coefficient (Wildman–Crippen LogP) is 5.64. The van der Waals surface area contributed by atoms with Crippen LogP contribution in [0, 0.1) is 11.6 Å². The lowest BCUT2D eigenvalue weighted by Crippen LogP contribution is -2.19. The Hall–Kier alpha value is -3.37. The third-order valence-corrected chi connectivity index (χ3v) is 6.54. The van der Waals surface area contributed by atoms with Gasteiger partial charge in [-0.3, -0.25) is 0 Å². The van der Waals surface area contributed by atoms with E-state index in [2.05, 4.69) is 15.5 Å². The minimum absolute atomic E-state index is 0.0133. The summed E-state index contributed by atoms with van der Waals surface area (Å²) in [4.78, 5) is 0.705. The van der Waals surface area contributed by atoms with Crippen molar-refractivity contribution in [2.45, 2.75) is 31.3 Å². The lowest BCUT2D eigenvalue weighted by atomic mass is 10.0. The van der Waals surface area contributed by atoms with Gasteiger partial charge >= 0.3 is 0 Å². The standard InChI is InChI=1S/C24H22ClF2N5O2S/c1-3-31-24(28-29-30-31)14-32(35-17-8-10-23(34-2)22(33)13-17)21-9-7-16(25)11-15(21)12-18-19(26)5-4-6-20(18)27/h4-11,13,33H,3,12,14H2,1-2H3. The quantitative estimate of drug-likeness (QED) is 0.288. The van der Waals surface area contributed by atoms with Crippen LogP contribution in [0.1, 0.15) is 23.9 Å². The highest BCUT2D eigenvalue weighted by Crippen LogP contribution is 2.38. The van der Waals surface area contributed by atoms with E-state index in [0.717, 1.165) is 0 Å². The van der Waals surface area contributed by atoms with E-state index in [1.807, 2.05) is 11.2 Å². The summed E-state index contributed by atoms with van der Waals surface area (Å²) in [6.07, 6.45) is -0.0158. The van der Waals surface area contributed by atoms with Crippen LogP contribution in [0.3, 0.4) is 0 Å². The number of halogens is 3. The van der Waals surface area contributed by atoms with Crippen molar-refractivity contribution in [3.05, 3.63) is 88.2 Å². The first-order chi connectivity index (χ1) is 16.9. The zero-order chi connectivity index (χ0) is 24.9. The van der Waals surface area contributed by atoms with Gasteiger partial charge in [0.05, 0.1) is 19.3 Å². The molecule has 0 saturated heterocycles. The number of nitrogens with zero attached hydrogens (tertiary/aromatic N) is 5. The first kappa shape index (κ1) is 24.7. The molecule has 3 aromatic carbocycles. The van der Waals surface area contributed by atoms with E-state index >= 15 is 0 Å². The van der Waals surface area contributed by atoms with Crippen molar-refractivity contribution in [3.63, 3.8) is 0 Å². The van der Waals surface area contributed by atoms with Gasteiger partial charge in [-0.2, -0.15) is 0 Å². The Morgan fingerprint density at radius 1 is 1.11 bits per heavy atom. The molecule has 0 aliphatic carbocycles. The fourth-order valence-corrected chi connectivity index (χ4v) is 4.76. The van der Waals surface area contributed by atoms with Crippen LogP contribution in [-0.4, -0.2) is 32.4 Å². The SMILES string of the molecule is CCn1nnnc1CN(Sc1ccc(OC)c(O)c1)c1ccc(Cl)cc1Cc1c(F)cccc1F. The third kappa shape index (κ3) is 5.66. The van der Waals surface area contributed by atoms with Gasteiger partial charge in [0.2, 0.25) is 0 Å². The minimum atomic E-state index is -0.634. The topological polar surface area (TPSA) is 76.3 Å². The molecule has 11 heteroatoms. The van der Waals surface area contributed by atoms with Crippen LogP contribution in [0.15, 0.2) is 59.5 Å². The Morgan fingerprint density at radius 2 is 1.89 bits per heavy atom. The maximum atomic E-state index is 14.5. The number of phenols is 1. The Labute approximate surface area is 210 Å². The molecule has 4 aromatic rings. The van der Waals surface area contributed by atoms with E-state index in [1.165, 1.54) is 37.3 Å². The lowest BCUT2D eigenvalue weighted by molar-refractivity contribution is 0.372. The number of rotatable bonds is 9. The monoisotopic (exact) mass is 517 g/mol. The summed E-state index contributed by atoms with van der Waals surface area (Å²) in [7, 11) is 1.47. The molecule has 0 radical (unpaired) electrons. The predicted molar refractivity (Wildman–Crippen MR) is 131 cm³/mol. The summed E-state index contributed by atoms with van der Waals surface area (Å²) >= 11 is 7.59. The molecule has 0 bridgehead atoms. The van der Waals surface area contributed by atoms with Crippen molar-refractivity contribution >= 4 is 29.2 Å². The molecule has 35 heavy (non-hydrogen) atoms. The molecular formula is C24H22ClF2N5O2S. The molecule has 0 fully saturated rings. The molecular weight excluding hydrogens is 496 g/mol. The molecule has 1 N–H and O–H groups in total. The molecule has 1 heterocycles. The number of methoxy groups -OCH3 is 1. The molecule has 0 aliphatic rings. The average Bonchev–Trinajstić information content (AvgIpc) is 3.28. The van der Waals surface area contributed by atoms with Crippen LogP contribution < -0.4 is 9.04 Å². The lowest BCUT2D eigenvalue weighted by Gasteiger charge is -2.26. The van der Waals surface area contributed by atoms with Gasteiger partial charge in [0.15, 0.2) is 17.3 Å². The van der Waals surface area contributed by atoms with Gasteiger partial charge in [-0.1, -0.05) is 17.7 Å². The van der Waals surface area contributed by atoms with Gasteiger partial charge < -0.3 is 14.1 Å². The summed E-state index contributed by atoms with van der Waals surface area (Å²) in [5.74, 6) is -0.343. The molecule has 7 nitrogen and oxygen atoms in total. The third-order valence-electron chi connectivity index (χ3n) is 5.30. The molecule has 0 saturated carbocycles. The van der Waals surface area contributed by atoms with E-state index in [4.69, 9.17) is 16.3 Å². The van der Waals surface area contributed by atoms with E-state index in [9.17, 15) is 13.9 Å². The minimum Gasteiger partial charge on any atom is -0.504 e. The fourth-order valence-electron chi connectivity index (χ4n) is 3.56. The largest absolute Gasteiger partial charge is 0.504 e. The van der Waals surface area contributed by atoms with Crippen LogP contribution in [0.2, 0.25) is 5.02 Å². The van der Waals surface area contributed by atoms with Gasteiger partial charge in [-0.15, -0.1) is 5.10 Å². The second-order valence-corrected chi connectivity index (χ2v) is 9.05. The van der Waals surface area contributed by atoms with Gasteiger partial charge in [-0.25, -0.2) is 13.5 Å². The van der Waals surface area contributed by atoms with Crippen molar-refractivity contribution in [2.24, 2.45) is 0 Å². The summed E-state index contributed by atoms with van der Waals surface area (Å²) in [6.45, 7) is 2.76. The number of aromatic nitrogens is 4. The average molecular weight is 518 g/mol. The summed E-state index contributed by atoms with van der Waals surface area (Å²) in [5.41, 5.74) is 1.23. The first-order valence-corrected chi connectivity index (χ1v) is 11.8. The van der Waals surface area contributed by atoms with Crippen LogP contribution in [0.4, 0.5) is 14.5 Å². The molecule has 4 rings (SSSR count). The number of hydrogen-bond acceptors (Lipinski definition) is 7. The maximum absolute atomic E-state index is 14.5. The summed E-state index contributed by atoms with van der Waals surface area (Å²) in [5, 5.41) is 22.6. The van der Waals surface area contributed by atoms with Crippen LogP contribution in [0.5, 0.6) is 11.5 Å². The van der Waals surface area contributed by atoms with Gasteiger partial charge in [0.1, 0.15) is 11.6 Å². The zero-order valence-corrected chi connectivity index (χ0v) is 20.5.